The van der Waals surface area contributed by atoms with Gasteiger partial charge in [0.25, 0.3) is 0 Å². The Bertz CT molecular complexity index is 1210. The molecule has 0 radical (unpaired) electrons. The van der Waals surface area contributed by atoms with Gasteiger partial charge >= 0.3 is 0 Å². The second kappa shape index (κ2) is 6.23. The van der Waals surface area contributed by atoms with Crippen LogP contribution in [0.15, 0.2) is 66.7 Å². The number of halogens is 1. The summed E-state index contributed by atoms with van der Waals surface area (Å²) in [5.74, 6) is -0.953. The first-order valence-electron chi connectivity index (χ1n) is 10.8. The monoisotopic (exact) mass is 443 g/mol. The summed E-state index contributed by atoms with van der Waals surface area (Å²) in [6.45, 7) is 4.23. The second-order valence-corrected chi connectivity index (χ2v) is 9.72. The topological polar surface area (TPSA) is 46.6 Å². The number of hydrogen-bond acceptors (Lipinski definition) is 3. The molecule has 160 valence electrons. The number of amides is 2. The number of carbonyl (C=O) groups is 2. The van der Waals surface area contributed by atoms with E-state index < -0.39 is 22.7 Å². The first kappa shape index (κ1) is 19.6. The Balaban J connectivity index is 1.66. The molecule has 0 aromatic heterocycles. The lowest BCUT2D eigenvalue weighted by Gasteiger charge is -2.57. The maximum atomic E-state index is 14.1. The molecule has 2 amide bonds. The maximum absolute atomic E-state index is 14.1. The molecule has 0 unspecified atom stereocenters. The first-order chi connectivity index (χ1) is 15.3. The summed E-state index contributed by atoms with van der Waals surface area (Å²) in [5, 5.41) is 0.447. The fourth-order valence-electron chi connectivity index (χ4n) is 6.65. The number of imide groups is 1. The lowest BCUT2D eigenvalue weighted by atomic mass is 9.42. The molecule has 3 aromatic rings. The number of anilines is 1. The molecule has 3 aromatic carbocycles. The smallest absolute Gasteiger partial charge is 0.239 e. The predicted molar refractivity (Wildman–Crippen MR) is 123 cm³/mol. The minimum absolute atomic E-state index is 0.196. The van der Waals surface area contributed by atoms with Crippen LogP contribution in [-0.4, -0.2) is 18.9 Å². The van der Waals surface area contributed by atoms with Gasteiger partial charge in [0.15, 0.2) is 0 Å². The Morgan fingerprint density at radius 2 is 1.22 bits per heavy atom. The molecule has 1 heterocycles. The molecule has 32 heavy (non-hydrogen) atoms. The number of methoxy groups -OCH3 is 1. The lowest BCUT2D eigenvalue weighted by molar-refractivity contribution is -0.124. The highest BCUT2D eigenvalue weighted by atomic mass is 35.5. The summed E-state index contributed by atoms with van der Waals surface area (Å²) in [4.78, 5) is 29.5. The number of benzene rings is 3. The van der Waals surface area contributed by atoms with Crippen molar-refractivity contribution in [1.82, 2.24) is 0 Å². The zero-order valence-corrected chi connectivity index (χ0v) is 18.8. The Morgan fingerprint density at radius 1 is 0.781 bits per heavy atom. The standard InChI is InChI=1S/C27H22ClNO3/c1-26-16-8-4-6-10-18(16)27(2,19-11-7-5-9-17(19)26)23-22(26)24(30)29(25(23)31)20-14-15(28)12-13-21(20)32-3/h4-14,22-23H,1-3H3/t22-,23-,26?,27?/m1/s1. The quantitative estimate of drug-likeness (QED) is 0.518. The average molecular weight is 444 g/mol. The summed E-state index contributed by atoms with van der Waals surface area (Å²) < 4.78 is 5.50. The summed E-state index contributed by atoms with van der Waals surface area (Å²) in [6, 6.07) is 21.5. The second-order valence-electron chi connectivity index (χ2n) is 9.28. The fourth-order valence-corrected chi connectivity index (χ4v) is 6.81. The van der Waals surface area contributed by atoms with Crippen molar-refractivity contribution >= 4 is 29.1 Å². The van der Waals surface area contributed by atoms with Gasteiger partial charge in [0.05, 0.1) is 24.6 Å². The van der Waals surface area contributed by atoms with E-state index in [0.717, 1.165) is 22.3 Å². The Morgan fingerprint density at radius 3 is 1.62 bits per heavy atom. The molecular weight excluding hydrogens is 422 g/mol. The SMILES string of the molecule is COc1ccc(Cl)cc1N1C(=O)[C@H]2[C@H](C1=O)C1(C)c3ccccc3C2(C)c2ccccc21. The van der Waals surface area contributed by atoms with Crippen LogP contribution in [0.1, 0.15) is 36.1 Å². The molecule has 7 rings (SSSR count). The van der Waals surface area contributed by atoms with Crippen molar-refractivity contribution in [1.29, 1.82) is 0 Å². The minimum Gasteiger partial charge on any atom is -0.495 e. The van der Waals surface area contributed by atoms with E-state index in [2.05, 4.69) is 38.1 Å². The van der Waals surface area contributed by atoms with Crippen molar-refractivity contribution in [2.24, 2.45) is 11.8 Å². The number of hydrogen-bond donors (Lipinski definition) is 0. The van der Waals surface area contributed by atoms with Crippen LogP contribution in [0.4, 0.5) is 5.69 Å². The third kappa shape index (κ3) is 2.04. The van der Waals surface area contributed by atoms with Crippen molar-refractivity contribution in [3.8, 4) is 5.75 Å². The van der Waals surface area contributed by atoms with Crippen molar-refractivity contribution in [3.63, 3.8) is 0 Å². The van der Waals surface area contributed by atoms with E-state index in [1.165, 1.54) is 12.0 Å². The summed E-state index contributed by atoms with van der Waals surface area (Å²) in [6.07, 6.45) is 0. The van der Waals surface area contributed by atoms with Crippen LogP contribution in [0, 0.1) is 11.8 Å². The number of ether oxygens (including phenoxy) is 1. The van der Waals surface area contributed by atoms with Crippen molar-refractivity contribution in [3.05, 3.63) is 94.0 Å². The van der Waals surface area contributed by atoms with Crippen LogP contribution in [0.25, 0.3) is 0 Å². The molecule has 5 heteroatoms. The highest BCUT2D eigenvalue weighted by Crippen LogP contribution is 2.66. The van der Waals surface area contributed by atoms with Crippen molar-refractivity contribution in [2.45, 2.75) is 24.7 Å². The van der Waals surface area contributed by atoms with E-state index in [1.807, 2.05) is 24.3 Å². The van der Waals surface area contributed by atoms with Crippen molar-refractivity contribution in [2.75, 3.05) is 12.0 Å². The van der Waals surface area contributed by atoms with Gasteiger partial charge in [0, 0.05) is 15.9 Å². The molecule has 1 saturated heterocycles. The summed E-state index contributed by atoms with van der Waals surface area (Å²) in [5.41, 5.74) is 3.70. The molecule has 0 spiro atoms. The molecule has 2 bridgehead atoms. The molecule has 4 aliphatic rings. The van der Waals surface area contributed by atoms with Gasteiger partial charge in [-0.1, -0.05) is 74.0 Å². The predicted octanol–water partition coefficient (Wildman–Crippen LogP) is 5.09. The normalized spacial score (nSPS) is 29.6. The Hall–Kier alpha value is -3.11. The lowest BCUT2D eigenvalue weighted by Crippen LogP contribution is -2.59. The van der Waals surface area contributed by atoms with Crippen LogP contribution < -0.4 is 9.64 Å². The van der Waals surface area contributed by atoms with E-state index >= 15 is 0 Å². The molecule has 2 atom stereocenters. The molecule has 1 aliphatic heterocycles. The molecule has 1 fully saturated rings. The first-order valence-corrected chi connectivity index (χ1v) is 11.1. The van der Waals surface area contributed by atoms with E-state index in [9.17, 15) is 9.59 Å². The van der Waals surface area contributed by atoms with Crippen LogP contribution in [-0.2, 0) is 20.4 Å². The van der Waals surface area contributed by atoms with Crippen LogP contribution in [0.5, 0.6) is 5.75 Å². The summed E-state index contributed by atoms with van der Waals surface area (Å²) >= 11 is 6.27. The van der Waals surface area contributed by atoms with E-state index in [-0.39, 0.29) is 11.8 Å². The molecule has 3 aliphatic carbocycles. The van der Waals surface area contributed by atoms with Crippen LogP contribution in [0.2, 0.25) is 5.02 Å². The van der Waals surface area contributed by atoms with Crippen LogP contribution in [0.3, 0.4) is 0 Å². The van der Waals surface area contributed by atoms with Gasteiger partial charge in [-0.2, -0.15) is 0 Å². The number of nitrogens with zero attached hydrogens (tertiary/aromatic N) is 1. The van der Waals surface area contributed by atoms with Gasteiger partial charge in [-0.3, -0.25) is 9.59 Å². The average Bonchev–Trinajstić information content (AvgIpc) is 3.08. The highest BCUT2D eigenvalue weighted by Gasteiger charge is 2.70. The van der Waals surface area contributed by atoms with Gasteiger partial charge in [-0.05, 0) is 40.5 Å². The van der Waals surface area contributed by atoms with Gasteiger partial charge < -0.3 is 4.74 Å². The number of rotatable bonds is 2. The fraction of sp³-hybridized carbons (Fsp3) is 0.259. The van der Waals surface area contributed by atoms with Crippen LogP contribution >= 0.6 is 11.6 Å². The minimum atomic E-state index is -0.608. The third-order valence-electron chi connectivity index (χ3n) is 8.02. The van der Waals surface area contributed by atoms with E-state index in [0.29, 0.717) is 16.5 Å². The Kier molecular flexibility index (Phi) is 3.81. The molecule has 0 N–H and O–H groups in total. The Labute approximate surface area is 191 Å². The zero-order chi connectivity index (χ0) is 22.4. The van der Waals surface area contributed by atoms with E-state index in [4.69, 9.17) is 16.3 Å². The molecule has 0 saturated carbocycles. The highest BCUT2D eigenvalue weighted by molar-refractivity contribution is 6.32. The van der Waals surface area contributed by atoms with Gasteiger partial charge in [0.2, 0.25) is 11.8 Å². The largest absolute Gasteiger partial charge is 0.495 e. The van der Waals surface area contributed by atoms with E-state index in [1.54, 1.807) is 18.2 Å². The van der Waals surface area contributed by atoms with Gasteiger partial charge in [-0.15, -0.1) is 0 Å². The molecular formula is C27H22ClNO3. The number of carbonyl (C=O) groups excluding carboxylic acids is 2. The summed E-state index contributed by atoms with van der Waals surface area (Å²) in [7, 11) is 1.53. The van der Waals surface area contributed by atoms with Gasteiger partial charge in [-0.25, -0.2) is 4.90 Å². The maximum Gasteiger partial charge on any atom is 0.239 e. The third-order valence-corrected chi connectivity index (χ3v) is 8.26. The molecule has 4 nitrogen and oxygen atoms in total. The zero-order valence-electron chi connectivity index (χ0n) is 18.1. The van der Waals surface area contributed by atoms with Gasteiger partial charge in [0.1, 0.15) is 5.75 Å². The van der Waals surface area contributed by atoms with Crippen molar-refractivity contribution < 1.29 is 14.3 Å².